The number of benzene rings is 1. The largest absolute Gasteiger partial charge is 0.338 e. The fourth-order valence-corrected chi connectivity index (χ4v) is 5.10. The minimum atomic E-state index is 0.342. The molecule has 7 heteroatoms. The third-order valence-corrected chi connectivity index (χ3v) is 6.37. The summed E-state index contributed by atoms with van der Waals surface area (Å²) in [6.07, 6.45) is 2.30. The van der Waals surface area contributed by atoms with E-state index in [1.54, 1.807) is 22.7 Å². The summed E-state index contributed by atoms with van der Waals surface area (Å²) in [5.74, 6) is 1.35. The average Bonchev–Trinajstić information content (AvgIpc) is 3.41. The van der Waals surface area contributed by atoms with Gasteiger partial charge in [0, 0.05) is 10.9 Å². The quantitative estimate of drug-likeness (QED) is 0.520. The van der Waals surface area contributed by atoms with Gasteiger partial charge >= 0.3 is 0 Å². The number of likely N-dealkylation sites (tertiary alicyclic amines) is 1. The third-order valence-electron chi connectivity index (χ3n) is 4.54. The van der Waals surface area contributed by atoms with Crippen LogP contribution in [0, 0.1) is 0 Å². The summed E-state index contributed by atoms with van der Waals surface area (Å²) in [7, 11) is 0. The lowest BCUT2D eigenvalue weighted by Crippen LogP contribution is -2.22. The zero-order chi connectivity index (χ0) is 16.6. The van der Waals surface area contributed by atoms with E-state index < -0.39 is 0 Å². The molecule has 5 rings (SSSR count). The van der Waals surface area contributed by atoms with Crippen LogP contribution in [0.4, 0.5) is 0 Å². The molecule has 1 aliphatic heterocycles. The molecule has 0 spiro atoms. The molecule has 1 saturated heterocycles. The van der Waals surface area contributed by atoms with Gasteiger partial charge in [0.25, 0.3) is 0 Å². The average molecular weight is 368 g/mol. The van der Waals surface area contributed by atoms with Crippen LogP contribution in [0.5, 0.6) is 0 Å². The normalized spacial score (nSPS) is 18.3. The van der Waals surface area contributed by atoms with Crippen LogP contribution in [-0.4, -0.2) is 26.6 Å². The molecule has 0 aliphatic carbocycles. The van der Waals surface area contributed by atoms with E-state index in [2.05, 4.69) is 33.2 Å². The molecule has 25 heavy (non-hydrogen) atoms. The molecule has 0 radical (unpaired) electrons. The number of fused-ring (bicyclic) bond motifs is 1. The first kappa shape index (κ1) is 15.2. The number of hydrogen-bond donors (Lipinski definition) is 0. The molecule has 5 nitrogen and oxygen atoms in total. The summed E-state index contributed by atoms with van der Waals surface area (Å²) in [5, 5.41) is 9.36. The molecule has 126 valence electrons. The molecule has 1 unspecified atom stereocenters. The fraction of sp³-hybridized carbons (Fsp3) is 0.278. The van der Waals surface area contributed by atoms with Gasteiger partial charge in [-0.1, -0.05) is 17.3 Å². The molecule has 0 N–H and O–H groups in total. The Kier molecular flexibility index (Phi) is 3.84. The van der Waals surface area contributed by atoms with Crippen molar-refractivity contribution in [2.75, 3.05) is 6.54 Å². The molecule has 0 saturated carbocycles. The summed E-state index contributed by atoms with van der Waals surface area (Å²) in [6.45, 7) is 1.72. The van der Waals surface area contributed by atoms with Gasteiger partial charge in [0.05, 0.1) is 22.8 Å². The zero-order valence-electron chi connectivity index (χ0n) is 13.5. The van der Waals surface area contributed by atoms with Crippen molar-refractivity contribution in [3.05, 3.63) is 52.0 Å². The van der Waals surface area contributed by atoms with E-state index in [-0.39, 0.29) is 0 Å². The standard InChI is InChI=1S/C18H16N4OS2/c1-2-6-15-13(4-1)19-18(25-15)14-5-3-8-22(14)10-16-20-17(21-23-16)12-7-9-24-11-12/h1-2,4,6-7,9,11,14H,3,5,8,10H2. The van der Waals surface area contributed by atoms with Crippen LogP contribution in [0.2, 0.25) is 0 Å². The van der Waals surface area contributed by atoms with Gasteiger partial charge in [0.2, 0.25) is 11.7 Å². The molecular formula is C18H16N4OS2. The highest BCUT2D eigenvalue weighted by molar-refractivity contribution is 7.18. The Morgan fingerprint density at radius 3 is 3.04 bits per heavy atom. The first-order valence-electron chi connectivity index (χ1n) is 8.31. The highest BCUT2D eigenvalue weighted by atomic mass is 32.1. The van der Waals surface area contributed by atoms with E-state index in [0.29, 0.717) is 24.3 Å². The number of hydrogen-bond acceptors (Lipinski definition) is 7. The summed E-state index contributed by atoms with van der Waals surface area (Å²) in [4.78, 5) is 11.8. The van der Waals surface area contributed by atoms with Gasteiger partial charge in [-0.2, -0.15) is 16.3 Å². The van der Waals surface area contributed by atoms with Gasteiger partial charge in [-0.15, -0.1) is 11.3 Å². The molecule has 1 aliphatic rings. The zero-order valence-corrected chi connectivity index (χ0v) is 15.1. The van der Waals surface area contributed by atoms with Crippen molar-refractivity contribution < 1.29 is 4.52 Å². The molecule has 1 atom stereocenters. The monoisotopic (exact) mass is 368 g/mol. The number of thiophene rings is 1. The molecular weight excluding hydrogens is 352 g/mol. The van der Waals surface area contributed by atoms with Gasteiger partial charge in [-0.25, -0.2) is 4.98 Å². The SMILES string of the molecule is c1ccc2sc(C3CCCN3Cc3nc(-c4ccsc4)no3)nc2c1. The highest BCUT2D eigenvalue weighted by Crippen LogP contribution is 2.37. The Bertz CT molecular complexity index is 959. The van der Waals surface area contributed by atoms with E-state index in [1.165, 1.54) is 16.1 Å². The van der Waals surface area contributed by atoms with E-state index in [9.17, 15) is 0 Å². The van der Waals surface area contributed by atoms with Gasteiger partial charge in [-0.3, -0.25) is 4.90 Å². The van der Waals surface area contributed by atoms with Crippen molar-refractivity contribution in [2.24, 2.45) is 0 Å². The number of aromatic nitrogens is 3. The van der Waals surface area contributed by atoms with Gasteiger partial charge in [0.1, 0.15) is 5.01 Å². The van der Waals surface area contributed by atoms with Crippen molar-refractivity contribution in [2.45, 2.75) is 25.4 Å². The summed E-state index contributed by atoms with van der Waals surface area (Å²) < 4.78 is 6.73. The second-order valence-corrected chi connectivity index (χ2v) is 8.01. The molecule has 1 aromatic carbocycles. The number of rotatable bonds is 4. The lowest BCUT2D eigenvalue weighted by molar-refractivity contribution is 0.212. The lowest BCUT2D eigenvalue weighted by atomic mass is 10.2. The smallest absolute Gasteiger partial charge is 0.241 e. The molecule has 0 amide bonds. The van der Waals surface area contributed by atoms with Gasteiger partial charge in [0.15, 0.2) is 0 Å². The van der Waals surface area contributed by atoms with Crippen molar-refractivity contribution in [1.82, 2.24) is 20.0 Å². The van der Waals surface area contributed by atoms with E-state index in [4.69, 9.17) is 9.51 Å². The fourth-order valence-electron chi connectivity index (χ4n) is 3.33. The van der Waals surface area contributed by atoms with Crippen LogP contribution in [-0.2, 0) is 6.54 Å². The van der Waals surface area contributed by atoms with E-state index in [1.807, 2.05) is 22.9 Å². The lowest BCUT2D eigenvalue weighted by Gasteiger charge is -2.20. The van der Waals surface area contributed by atoms with Crippen LogP contribution < -0.4 is 0 Å². The summed E-state index contributed by atoms with van der Waals surface area (Å²) in [6, 6.07) is 10.7. The van der Waals surface area contributed by atoms with Crippen LogP contribution in [0.15, 0.2) is 45.6 Å². The molecule has 4 heterocycles. The number of thiazole rings is 1. The maximum absolute atomic E-state index is 5.48. The van der Waals surface area contributed by atoms with Crippen molar-refractivity contribution in [1.29, 1.82) is 0 Å². The van der Waals surface area contributed by atoms with Crippen LogP contribution in [0.1, 0.15) is 29.8 Å². The van der Waals surface area contributed by atoms with Crippen LogP contribution >= 0.6 is 22.7 Å². The number of nitrogens with zero attached hydrogens (tertiary/aromatic N) is 4. The molecule has 4 aromatic rings. The third kappa shape index (κ3) is 2.88. The van der Waals surface area contributed by atoms with E-state index in [0.717, 1.165) is 24.0 Å². The molecule has 3 aromatic heterocycles. The molecule has 0 bridgehead atoms. The second-order valence-electron chi connectivity index (χ2n) is 6.17. The Labute approximate surface area is 152 Å². The topological polar surface area (TPSA) is 55.1 Å². The van der Waals surface area contributed by atoms with Crippen molar-refractivity contribution in [3.8, 4) is 11.4 Å². The Morgan fingerprint density at radius 1 is 1.20 bits per heavy atom. The summed E-state index contributed by atoms with van der Waals surface area (Å²) in [5.41, 5.74) is 2.11. The van der Waals surface area contributed by atoms with Gasteiger partial charge < -0.3 is 4.52 Å². The first-order valence-corrected chi connectivity index (χ1v) is 10.1. The highest BCUT2D eigenvalue weighted by Gasteiger charge is 2.30. The maximum atomic E-state index is 5.48. The minimum Gasteiger partial charge on any atom is -0.338 e. The summed E-state index contributed by atoms with van der Waals surface area (Å²) >= 11 is 3.43. The molecule has 1 fully saturated rings. The first-order chi connectivity index (χ1) is 12.4. The predicted molar refractivity (Wildman–Crippen MR) is 99.6 cm³/mol. The Morgan fingerprint density at radius 2 is 2.16 bits per heavy atom. The Hall–Kier alpha value is -2.09. The minimum absolute atomic E-state index is 0.342. The van der Waals surface area contributed by atoms with E-state index >= 15 is 0 Å². The van der Waals surface area contributed by atoms with Crippen LogP contribution in [0.25, 0.3) is 21.6 Å². The predicted octanol–water partition coefficient (Wildman–Crippen LogP) is 4.74. The van der Waals surface area contributed by atoms with Gasteiger partial charge in [-0.05, 0) is 43.0 Å². The Balaban J connectivity index is 1.38. The second kappa shape index (κ2) is 6.33. The van der Waals surface area contributed by atoms with Crippen molar-refractivity contribution in [3.63, 3.8) is 0 Å². The van der Waals surface area contributed by atoms with Crippen molar-refractivity contribution >= 4 is 32.9 Å². The number of para-hydroxylation sites is 1. The van der Waals surface area contributed by atoms with Crippen LogP contribution in [0.3, 0.4) is 0 Å². The maximum Gasteiger partial charge on any atom is 0.241 e.